The zero-order chi connectivity index (χ0) is 48.3. The van der Waals surface area contributed by atoms with Gasteiger partial charge in [0, 0.05) is 12.2 Å². The lowest BCUT2D eigenvalue weighted by Crippen LogP contribution is -2.61. The molecule has 0 radical (unpaired) electrons. The summed E-state index contributed by atoms with van der Waals surface area (Å²) >= 11 is 4.20. The van der Waals surface area contributed by atoms with Crippen LogP contribution in [0.5, 0.6) is 5.75 Å². The van der Waals surface area contributed by atoms with Gasteiger partial charge in [-0.2, -0.15) is 12.6 Å². The van der Waals surface area contributed by atoms with E-state index in [2.05, 4.69) is 49.8 Å². The molecule has 10 atom stereocenters. The van der Waals surface area contributed by atoms with Crippen LogP contribution in [0.15, 0.2) is 24.3 Å². The fraction of sp³-hybridized carbons (Fsp3) is 0.625. The third kappa shape index (κ3) is 19.6. The number of carbonyl (C=O) groups is 9. The summed E-state index contributed by atoms with van der Waals surface area (Å²) in [6.07, 6.45) is -1.43. The summed E-state index contributed by atoms with van der Waals surface area (Å²) in [4.78, 5) is 117. The molecular weight excluding hydrogens is 847 g/mol. The SMILES string of the molecule is CC(C)C[C@H](NC(=O)[C@H](C)N)C(=O)N[C@@H](C)C(=O)N[C@@H](C)C(=O)N[C@@H](Cc1ccc(O)cc1)C(=O)N[C@@H](CS)C(=O)N[C@@H](CC(C)C)C(=O)N[C@@H](CO)C(=O)N[C@H](C(=O)O)[C@@H](C)O. The van der Waals surface area contributed by atoms with Crippen LogP contribution in [0.25, 0.3) is 0 Å². The van der Waals surface area contributed by atoms with Crippen LogP contribution in [0.2, 0.25) is 0 Å². The van der Waals surface area contributed by atoms with E-state index in [-0.39, 0.29) is 42.6 Å². The number of amides is 8. The van der Waals surface area contributed by atoms with Crippen molar-refractivity contribution in [3.8, 4) is 5.75 Å². The molecule has 0 saturated carbocycles. The number of carboxylic acid groups (broad SMARTS) is 1. The Hall–Kier alpha value is -5.52. The first-order valence-corrected chi connectivity index (χ1v) is 21.0. The number of nitrogens with one attached hydrogen (secondary N) is 8. The van der Waals surface area contributed by atoms with E-state index in [9.17, 15) is 63.6 Å². The molecule has 1 rings (SSSR count). The number of aliphatic hydroxyl groups is 2. The number of phenols is 1. The minimum atomic E-state index is -1.75. The molecule has 0 saturated heterocycles. The van der Waals surface area contributed by atoms with Crippen LogP contribution < -0.4 is 48.3 Å². The smallest absolute Gasteiger partial charge is 0.328 e. The molecule has 0 aliphatic heterocycles. The molecule has 0 fully saturated rings. The second-order valence-electron chi connectivity index (χ2n) is 16.1. The molecule has 63 heavy (non-hydrogen) atoms. The van der Waals surface area contributed by atoms with Crippen molar-refractivity contribution in [2.75, 3.05) is 12.4 Å². The van der Waals surface area contributed by atoms with E-state index in [1.54, 1.807) is 13.8 Å². The Morgan fingerprint density at radius 1 is 0.556 bits per heavy atom. The number of nitrogens with two attached hydrogens (primary N) is 1. The fourth-order valence-electron chi connectivity index (χ4n) is 5.71. The maximum absolute atomic E-state index is 13.8. The van der Waals surface area contributed by atoms with Gasteiger partial charge in [0.05, 0.1) is 18.8 Å². The highest BCUT2D eigenvalue weighted by molar-refractivity contribution is 7.80. The fourth-order valence-corrected chi connectivity index (χ4v) is 5.97. The first-order chi connectivity index (χ1) is 29.3. The number of aliphatic carboxylic acids is 1. The molecule has 0 bridgehead atoms. The Morgan fingerprint density at radius 3 is 1.38 bits per heavy atom. The van der Waals surface area contributed by atoms with Crippen molar-refractivity contribution in [1.29, 1.82) is 0 Å². The number of rotatable bonds is 26. The third-order valence-corrected chi connectivity index (χ3v) is 9.65. The van der Waals surface area contributed by atoms with Gasteiger partial charge >= 0.3 is 5.97 Å². The molecule has 1 aromatic rings. The summed E-state index contributed by atoms with van der Waals surface area (Å²) in [7, 11) is 0. The quantitative estimate of drug-likeness (QED) is 0.0405. The second kappa shape index (κ2) is 26.8. The largest absolute Gasteiger partial charge is 0.508 e. The number of aliphatic hydroxyl groups excluding tert-OH is 2. The molecule has 22 nitrogen and oxygen atoms in total. The van der Waals surface area contributed by atoms with Crippen molar-refractivity contribution < 1.29 is 63.6 Å². The van der Waals surface area contributed by atoms with E-state index in [1.165, 1.54) is 45.0 Å². The topological polar surface area (TPSA) is 357 Å². The summed E-state index contributed by atoms with van der Waals surface area (Å²) in [6.45, 7) is 11.4. The molecule has 8 amide bonds. The molecule has 0 aromatic heterocycles. The predicted molar refractivity (Wildman–Crippen MR) is 231 cm³/mol. The van der Waals surface area contributed by atoms with Crippen LogP contribution in [0.1, 0.15) is 73.8 Å². The number of phenolic OH excluding ortho intramolecular Hbond substituents is 1. The summed E-state index contributed by atoms with van der Waals surface area (Å²) in [5.41, 5.74) is 6.10. The summed E-state index contributed by atoms with van der Waals surface area (Å²) in [6, 6.07) is -6.22. The summed E-state index contributed by atoms with van der Waals surface area (Å²) in [5.74, 6) is -8.85. The van der Waals surface area contributed by atoms with Crippen LogP contribution in [-0.4, -0.2) is 146 Å². The number of carbonyl (C=O) groups excluding carboxylic acids is 8. The van der Waals surface area contributed by atoms with Gasteiger partial charge in [0.25, 0.3) is 0 Å². The second-order valence-corrected chi connectivity index (χ2v) is 16.5. The third-order valence-electron chi connectivity index (χ3n) is 9.28. The first-order valence-electron chi connectivity index (χ1n) is 20.4. The monoisotopic (exact) mass is 911 g/mol. The van der Waals surface area contributed by atoms with Gasteiger partial charge in [-0.05, 0) is 70.1 Å². The Balaban J connectivity index is 3.20. The lowest BCUT2D eigenvalue weighted by molar-refractivity contribution is -0.145. The lowest BCUT2D eigenvalue weighted by Gasteiger charge is -2.27. The molecule has 0 aliphatic carbocycles. The van der Waals surface area contributed by atoms with Crippen molar-refractivity contribution in [2.24, 2.45) is 17.6 Å². The van der Waals surface area contributed by atoms with Crippen LogP contribution in [0.4, 0.5) is 0 Å². The first kappa shape index (κ1) is 55.5. The minimum Gasteiger partial charge on any atom is -0.508 e. The van der Waals surface area contributed by atoms with E-state index >= 15 is 0 Å². The van der Waals surface area contributed by atoms with Crippen LogP contribution >= 0.6 is 12.6 Å². The molecular formula is C40H65N9O13S. The van der Waals surface area contributed by atoms with E-state index in [0.717, 1.165) is 6.92 Å². The van der Waals surface area contributed by atoms with Crippen LogP contribution in [0.3, 0.4) is 0 Å². The van der Waals surface area contributed by atoms with Crippen molar-refractivity contribution in [3.05, 3.63) is 29.8 Å². The number of thiol groups is 1. The highest BCUT2D eigenvalue weighted by Crippen LogP contribution is 2.13. The molecule has 0 heterocycles. The Labute approximate surface area is 371 Å². The standard InChI is InChI=1S/C40H65N9O13S/c1-18(2)13-26(44-32(53)20(5)41)35(56)43-21(6)33(54)42-22(7)34(55)45-28(15-24-9-11-25(52)12-10-24)37(58)48-30(17-63)39(60)46-27(14-19(3)4)36(57)47-29(16-50)38(59)49-31(23(8)51)40(61)62/h9-12,18-23,26-31,50-52,63H,13-17,41H2,1-8H3,(H,42,54)(H,43,56)(H,44,53)(H,45,55)(H,46,60)(H,47,57)(H,48,58)(H,49,59)(H,61,62)/t20-,21-,22-,23+,26-,27-,28-,29-,30-,31-/m0/s1. The molecule has 1 aromatic carbocycles. The lowest BCUT2D eigenvalue weighted by atomic mass is 10.0. The van der Waals surface area contributed by atoms with Crippen molar-refractivity contribution >= 4 is 65.9 Å². The van der Waals surface area contributed by atoms with Crippen LogP contribution in [-0.2, 0) is 49.6 Å². The summed E-state index contributed by atoms with van der Waals surface area (Å²) in [5, 5.41) is 58.0. The molecule has 14 N–H and O–H groups in total. The van der Waals surface area contributed by atoms with Crippen molar-refractivity contribution in [3.63, 3.8) is 0 Å². The highest BCUT2D eigenvalue weighted by atomic mass is 32.1. The van der Waals surface area contributed by atoms with E-state index in [0.29, 0.717) is 5.56 Å². The normalized spacial score (nSPS) is 16.0. The molecule has 354 valence electrons. The van der Waals surface area contributed by atoms with Crippen LogP contribution in [0, 0.1) is 11.8 Å². The Bertz CT molecular complexity index is 1750. The van der Waals surface area contributed by atoms with Gasteiger partial charge in [-0.25, -0.2) is 4.79 Å². The van der Waals surface area contributed by atoms with Crippen molar-refractivity contribution in [1.82, 2.24) is 42.5 Å². The van der Waals surface area contributed by atoms with Gasteiger partial charge in [-0.3, -0.25) is 38.4 Å². The van der Waals surface area contributed by atoms with Gasteiger partial charge in [0.1, 0.15) is 48.0 Å². The van der Waals surface area contributed by atoms with E-state index in [4.69, 9.17) is 5.73 Å². The number of hydrogen-bond acceptors (Lipinski definition) is 14. The zero-order valence-electron chi connectivity index (χ0n) is 36.8. The van der Waals surface area contributed by atoms with E-state index < -0.39 is 120 Å². The molecule has 0 aliphatic rings. The molecule has 0 spiro atoms. The number of benzene rings is 1. The number of carboxylic acids is 1. The Morgan fingerprint density at radius 2 is 0.937 bits per heavy atom. The van der Waals surface area contributed by atoms with Gasteiger partial charge in [0.2, 0.25) is 47.3 Å². The summed E-state index contributed by atoms with van der Waals surface area (Å²) < 4.78 is 0. The van der Waals surface area contributed by atoms with E-state index in [1.807, 2.05) is 19.2 Å². The molecule has 0 unspecified atom stereocenters. The average molecular weight is 912 g/mol. The van der Waals surface area contributed by atoms with Gasteiger partial charge in [0.15, 0.2) is 6.04 Å². The Kier molecular flexibility index (Phi) is 23.6. The number of aromatic hydroxyl groups is 1. The minimum absolute atomic E-state index is 0.00407. The predicted octanol–water partition coefficient (Wildman–Crippen LogP) is -3.32. The zero-order valence-corrected chi connectivity index (χ0v) is 37.7. The maximum atomic E-state index is 13.8. The van der Waals surface area contributed by atoms with Gasteiger partial charge < -0.3 is 68.7 Å². The van der Waals surface area contributed by atoms with Gasteiger partial charge in [-0.15, -0.1) is 0 Å². The molecule has 23 heteroatoms. The number of hydrogen-bond donors (Lipinski definition) is 14. The van der Waals surface area contributed by atoms with Gasteiger partial charge in [-0.1, -0.05) is 39.8 Å². The van der Waals surface area contributed by atoms with Crippen molar-refractivity contribution in [2.45, 2.75) is 135 Å². The highest BCUT2D eigenvalue weighted by Gasteiger charge is 2.34. The maximum Gasteiger partial charge on any atom is 0.328 e. The average Bonchev–Trinajstić information content (AvgIpc) is 3.19.